The molecule has 154 valence electrons. The Morgan fingerprint density at radius 2 is 1.62 bits per heavy atom. The van der Waals surface area contributed by atoms with Crippen molar-refractivity contribution in [2.24, 2.45) is 11.7 Å². The minimum absolute atomic E-state index is 0.115. The Morgan fingerprint density at radius 1 is 1.00 bits per heavy atom. The van der Waals surface area contributed by atoms with Crippen molar-refractivity contribution >= 4 is 27.4 Å². The number of fused-ring (bicyclic) bond motifs is 4. The highest BCUT2D eigenvalue weighted by atomic mass is 32.1. The fourth-order valence-electron chi connectivity index (χ4n) is 3.81. The second-order valence-corrected chi connectivity index (χ2v) is 8.50. The van der Waals surface area contributed by atoms with Crippen LogP contribution in [0.1, 0.15) is 30.4 Å². The van der Waals surface area contributed by atoms with Crippen molar-refractivity contribution in [3.05, 3.63) is 71.1 Å². The molecule has 5 heteroatoms. The van der Waals surface area contributed by atoms with E-state index < -0.39 is 5.97 Å². The van der Waals surface area contributed by atoms with Gasteiger partial charge < -0.3 is 15.7 Å². The van der Waals surface area contributed by atoms with Gasteiger partial charge in [-0.2, -0.15) is 0 Å². The molecule has 0 saturated carbocycles. The number of thiophene rings is 1. The van der Waals surface area contributed by atoms with Crippen molar-refractivity contribution in [1.82, 2.24) is 4.90 Å². The normalized spacial score (nSPS) is 19.6. The number of hydrogen-bond donors (Lipinski definition) is 2. The van der Waals surface area contributed by atoms with Crippen LogP contribution in [0.15, 0.2) is 60.0 Å². The van der Waals surface area contributed by atoms with E-state index in [1.54, 1.807) is 11.3 Å². The van der Waals surface area contributed by atoms with Gasteiger partial charge in [-0.05, 0) is 72.8 Å². The van der Waals surface area contributed by atoms with Gasteiger partial charge in [0.25, 0.3) is 0 Å². The molecule has 4 nitrogen and oxygen atoms in total. The number of carbonyl (C=O) groups is 1. The van der Waals surface area contributed by atoms with Crippen LogP contribution in [-0.2, 0) is 17.8 Å². The summed E-state index contributed by atoms with van der Waals surface area (Å²) in [4.78, 5) is 13.1. The lowest BCUT2D eigenvalue weighted by Gasteiger charge is -2.38. The van der Waals surface area contributed by atoms with E-state index in [0.29, 0.717) is 6.54 Å². The Bertz CT molecular complexity index is 863. The average Bonchev–Trinajstić information content (AvgIpc) is 3.19. The Balaban J connectivity index is 0.000000131. The molecule has 3 aliphatic heterocycles. The maximum absolute atomic E-state index is 10.5. The van der Waals surface area contributed by atoms with Gasteiger partial charge in [0.1, 0.15) is 0 Å². The van der Waals surface area contributed by atoms with Gasteiger partial charge >= 0.3 is 5.97 Å². The number of benzene rings is 2. The maximum Gasteiger partial charge on any atom is 0.307 e. The molecular weight excluding hydrogens is 380 g/mol. The first-order valence-corrected chi connectivity index (χ1v) is 11.2. The summed E-state index contributed by atoms with van der Waals surface area (Å²) < 4.78 is 1.15. The first-order valence-electron chi connectivity index (χ1n) is 10.3. The van der Waals surface area contributed by atoms with Gasteiger partial charge in [-0.25, -0.2) is 0 Å². The molecular formula is C24H30N2O2S. The van der Waals surface area contributed by atoms with E-state index in [-0.39, 0.29) is 6.42 Å². The fraction of sp³-hybridized carbons (Fsp3) is 0.375. The van der Waals surface area contributed by atoms with E-state index in [1.165, 1.54) is 44.5 Å². The van der Waals surface area contributed by atoms with E-state index in [2.05, 4.69) is 4.90 Å². The number of hydrogen-bond acceptors (Lipinski definition) is 4. The van der Waals surface area contributed by atoms with E-state index in [4.69, 9.17) is 10.8 Å². The zero-order valence-corrected chi connectivity index (χ0v) is 17.6. The van der Waals surface area contributed by atoms with Crippen molar-refractivity contribution in [3.63, 3.8) is 0 Å². The SMILES string of the molecule is C1CN2CCC1CC2.NCc1ccccc1.O=C(O)Cc1csc2ccccc12. The summed E-state index contributed by atoms with van der Waals surface area (Å²) in [7, 11) is 0. The van der Waals surface area contributed by atoms with Crippen molar-refractivity contribution in [2.75, 3.05) is 19.6 Å². The largest absolute Gasteiger partial charge is 0.481 e. The van der Waals surface area contributed by atoms with Crippen LogP contribution in [0.25, 0.3) is 10.1 Å². The van der Waals surface area contributed by atoms with E-state index in [1.807, 2.05) is 60.0 Å². The molecule has 2 bridgehead atoms. The van der Waals surface area contributed by atoms with Gasteiger partial charge in [0.05, 0.1) is 6.42 Å². The number of carboxylic acid groups (broad SMARTS) is 1. The molecule has 0 amide bonds. The molecule has 3 fully saturated rings. The number of carboxylic acids is 1. The molecule has 0 atom stereocenters. The third-order valence-electron chi connectivity index (χ3n) is 5.54. The highest BCUT2D eigenvalue weighted by molar-refractivity contribution is 7.17. The van der Waals surface area contributed by atoms with Crippen molar-refractivity contribution in [2.45, 2.75) is 32.2 Å². The second-order valence-electron chi connectivity index (χ2n) is 7.59. The van der Waals surface area contributed by atoms with Crippen LogP contribution in [0.4, 0.5) is 0 Å². The van der Waals surface area contributed by atoms with E-state index >= 15 is 0 Å². The molecule has 6 rings (SSSR count). The lowest BCUT2D eigenvalue weighted by atomic mass is 9.89. The Labute approximate surface area is 177 Å². The number of rotatable bonds is 3. The molecule has 0 unspecified atom stereocenters. The van der Waals surface area contributed by atoms with Crippen molar-refractivity contribution in [1.29, 1.82) is 0 Å². The van der Waals surface area contributed by atoms with Crippen molar-refractivity contribution in [3.8, 4) is 0 Å². The zero-order chi connectivity index (χ0) is 20.5. The Kier molecular flexibility index (Phi) is 8.23. The number of aliphatic carboxylic acids is 1. The highest BCUT2D eigenvalue weighted by Crippen LogP contribution is 2.26. The molecule has 3 N–H and O–H groups in total. The standard InChI is InChI=1S/C10H8O2S.C7H13N.C7H9N/c11-10(12)5-7-6-13-9-4-2-1-3-8(7)9;1-4-8-5-2-7(1)3-6-8;8-6-7-4-2-1-3-5-7/h1-4,6H,5H2,(H,11,12);7H,1-6H2;1-5H,6,8H2. The predicted octanol–water partition coefficient (Wildman–Crippen LogP) is 4.78. The van der Waals surface area contributed by atoms with Gasteiger partial charge in [0.2, 0.25) is 0 Å². The Hall–Kier alpha value is -2.21. The monoisotopic (exact) mass is 410 g/mol. The summed E-state index contributed by atoms with van der Waals surface area (Å²) in [5.41, 5.74) is 7.45. The quantitative estimate of drug-likeness (QED) is 0.652. The molecule has 2 aromatic carbocycles. The van der Waals surface area contributed by atoms with Crippen LogP contribution in [0, 0.1) is 5.92 Å². The van der Waals surface area contributed by atoms with Gasteiger partial charge in [-0.3, -0.25) is 4.79 Å². The Morgan fingerprint density at radius 3 is 2.10 bits per heavy atom. The molecule has 4 heterocycles. The summed E-state index contributed by atoms with van der Waals surface area (Å²) in [6.45, 7) is 4.82. The second kappa shape index (κ2) is 11.1. The first kappa shape index (κ1) is 21.5. The van der Waals surface area contributed by atoms with Gasteiger partial charge in [-0.1, -0.05) is 48.5 Å². The number of nitrogens with zero attached hydrogens (tertiary/aromatic N) is 1. The minimum atomic E-state index is -0.774. The van der Waals surface area contributed by atoms with Crippen LogP contribution >= 0.6 is 11.3 Å². The molecule has 0 radical (unpaired) electrons. The third kappa shape index (κ3) is 6.67. The van der Waals surface area contributed by atoms with Gasteiger partial charge in [0, 0.05) is 11.2 Å². The molecule has 29 heavy (non-hydrogen) atoms. The molecule has 3 aliphatic rings. The summed E-state index contributed by atoms with van der Waals surface area (Å²) in [6.07, 6.45) is 4.57. The van der Waals surface area contributed by atoms with Crippen LogP contribution in [-0.4, -0.2) is 35.6 Å². The van der Waals surface area contributed by atoms with Crippen molar-refractivity contribution < 1.29 is 9.90 Å². The fourth-order valence-corrected chi connectivity index (χ4v) is 4.77. The molecule has 0 aliphatic carbocycles. The molecule has 0 spiro atoms. The first-order chi connectivity index (χ1) is 14.2. The van der Waals surface area contributed by atoms with E-state index in [9.17, 15) is 4.79 Å². The topological polar surface area (TPSA) is 66.6 Å². The summed E-state index contributed by atoms with van der Waals surface area (Å²) >= 11 is 1.59. The van der Waals surface area contributed by atoms with Gasteiger partial charge in [-0.15, -0.1) is 11.3 Å². The third-order valence-corrected chi connectivity index (χ3v) is 6.55. The smallest absolute Gasteiger partial charge is 0.307 e. The predicted molar refractivity (Wildman–Crippen MR) is 121 cm³/mol. The number of nitrogens with two attached hydrogens (primary N) is 1. The summed E-state index contributed by atoms with van der Waals surface area (Å²) in [6, 6.07) is 17.8. The maximum atomic E-state index is 10.5. The van der Waals surface area contributed by atoms with Gasteiger partial charge in [0.15, 0.2) is 0 Å². The number of piperidine rings is 3. The lowest BCUT2D eigenvalue weighted by Crippen LogP contribution is -2.41. The van der Waals surface area contributed by atoms with Crippen LogP contribution in [0.5, 0.6) is 0 Å². The van der Waals surface area contributed by atoms with Crippen LogP contribution < -0.4 is 5.73 Å². The summed E-state index contributed by atoms with van der Waals surface area (Å²) in [5.74, 6) is 0.337. The molecule has 1 aromatic heterocycles. The zero-order valence-electron chi connectivity index (χ0n) is 16.8. The van der Waals surface area contributed by atoms with Crippen LogP contribution in [0.2, 0.25) is 0 Å². The van der Waals surface area contributed by atoms with Crippen LogP contribution in [0.3, 0.4) is 0 Å². The highest BCUT2D eigenvalue weighted by Gasteiger charge is 2.24. The molecule has 3 saturated heterocycles. The average molecular weight is 411 g/mol. The minimum Gasteiger partial charge on any atom is -0.481 e. The molecule has 3 aromatic rings. The lowest BCUT2D eigenvalue weighted by molar-refractivity contribution is -0.136. The summed E-state index contributed by atoms with van der Waals surface area (Å²) in [5, 5.41) is 11.6. The van der Waals surface area contributed by atoms with E-state index in [0.717, 1.165) is 21.6 Å².